The predicted molar refractivity (Wildman–Crippen MR) is 79.0 cm³/mol. The first-order chi connectivity index (χ1) is 8.97. The van der Waals surface area contributed by atoms with Crippen molar-refractivity contribution >= 4 is 5.91 Å². The number of piperidine rings is 2. The van der Waals surface area contributed by atoms with Crippen LogP contribution in [0.2, 0.25) is 0 Å². The number of likely N-dealkylation sites (tertiary alicyclic amines) is 1. The van der Waals surface area contributed by atoms with E-state index in [-0.39, 0.29) is 0 Å². The molecule has 1 N–H and O–H groups in total. The molecule has 1 atom stereocenters. The van der Waals surface area contributed by atoms with Gasteiger partial charge in [0.2, 0.25) is 5.91 Å². The molecule has 0 aliphatic carbocycles. The molecule has 2 aliphatic rings. The Labute approximate surface area is 118 Å². The molecule has 0 spiro atoms. The summed E-state index contributed by atoms with van der Waals surface area (Å²) in [5.41, 5.74) is 0.389. The maximum atomic E-state index is 12.3. The van der Waals surface area contributed by atoms with Gasteiger partial charge < -0.3 is 10.2 Å². The van der Waals surface area contributed by atoms with Crippen molar-refractivity contribution in [2.45, 2.75) is 65.3 Å². The summed E-state index contributed by atoms with van der Waals surface area (Å²) in [5, 5.41) is 3.47. The van der Waals surface area contributed by atoms with Crippen LogP contribution in [0.1, 0.15) is 59.3 Å². The van der Waals surface area contributed by atoms with Crippen molar-refractivity contribution in [1.29, 1.82) is 0 Å². The summed E-state index contributed by atoms with van der Waals surface area (Å²) in [6.45, 7) is 9.98. The number of carbonyl (C=O) groups is 1. The third-order valence-corrected chi connectivity index (χ3v) is 4.91. The van der Waals surface area contributed by atoms with Crippen molar-refractivity contribution < 1.29 is 4.79 Å². The summed E-state index contributed by atoms with van der Waals surface area (Å²) < 4.78 is 0. The van der Waals surface area contributed by atoms with Crippen LogP contribution in [-0.2, 0) is 4.79 Å². The smallest absolute Gasteiger partial charge is 0.224 e. The molecular weight excluding hydrogens is 236 g/mol. The molecule has 0 saturated carbocycles. The van der Waals surface area contributed by atoms with Gasteiger partial charge in [0.15, 0.2) is 0 Å². The highest BCUT2D eigenvalue weighted by Gasteiger charge is 2.31. The van der Waals surface area contributed by atoms with Crippen LogP contribution in [0.4, 0.5) is 0 Å². The lowest BCUT2D eigenvalue weighted by Crippen LogP contribution is -2.44. The zero-order chi connectivity index (χ0) is 13.9. The number of nitrogens with zero attached hydrogens (tertiary/aromatic N) is 1. The number of rotatable bonds is 2. The lowest BCUT2D eigenvalue weighted by atomic mass is 9.75. The second-order valence-electron chi connectivity index (χ2n) is 7.37. The van der Waals surface area contributed by atoms with Gasteiger partial charge >= 0.3 is 0 Å². The third-order valence-electron chi connectivity index (χ3n) is 4.91. The van der Waals surface area contributed by atoms with Crippen LogP contribution in [0.3, 0.4) is 0 Å². The van der Waals surface area contributed by atoms with Gasteiger partial charge in [0.1, 0.15) is 0 Å². The normalized spacial score (nSPS) is 26.5. The molecule has 2 saturated heterocycles. The fraction of sp³-hybridized carbons (Fsp3) is 0.938. The quantitative estimate of drug-likeness (QED) is 0.833. The van der Waals surface area contributed by atoms with Crippen LogP contribution in [0.15, 0.2) is 0 Å². The number of hydrogen-bond acceptors (Lipinski definition) is 2. The topological polar surface area (TPSA) is 32.3 Å². The summed E-state index contributed by atoms with van der Waals surface area (Å²) in [6.07, 6.45) is 6.77. The minimum absolute atomic E-state index is 0.367. The molecule has 0 bridgehead atoms. The largest absolute Gasteiger partial charge is 0.343 e. The average molecular weight is 266 g/mol. The molecule has 0 aromatic carbocycles. The van der Waals surface area contributed by atoms with E-state index in [1.807, 2.05) is 0 Å². The van der Waals surface area contributed by atoms with Crippen molar-refractivity contribution in [3.63, 3.8) is 0 Å². The van der Waals surface area contributed by atoms with Crippen LogP contribution in [0.25, 0.3) is 0 Å². The Balaban J connectivity index is 1.76. The molecule has 3 nitrogen and oxygen atoms in total. The predicted octanol–water partition coefficient (Wildman–Crippen LogP) is 2.80. The van der Waals surface area contributed by atoms with Crippen molar-refractivity contribution in [2.75, 3.05) is 19.6 Å². The van der Waals surface area contributed by atoms with E-state index in [2.05, 4.69) is 31.0 Å². The zero-order valence-electron chi connectivity index (χ0n) is 12.9. The first-order valence-corrected chi connectivity index (χ1v) is 7.98. The van der Waals surface area contributed by atoms with Crippen molar-refractivity contribution in [3.05, 3.63) is 0 Å². The maximum Gasteiger partial charge on any atom is 0.224 e. The lowest BCUT2D eigenvalue weighted by Gasteiger charge is -2.39. The molecule has 0 aromatic rings. The summed E-state index contributed by atoms with van der Waals surface area (Å²) in [5.74, 6) is 1.14. The van der Waals surface area contributed by atoms with E-state index >= 15 is 0 Å². The van der Waals surface area contributed by atoms with Crippen molar-refractivity contribution in [3.8, 4) is 0 Å². The molecule has 1 unspecified atom stereocenters. The van der Waals surface area contributed by atoms with Gasteiger partial charge in [-0.25, -0.2) is 0 Å². The van der Waals surface area contributed by atoms with Gasteiger partial charge in [-0.15, -0.1) is 0 Å². The Bertz CT molecular complexity index is 294. The van der Waals surface area contributed by atoms with Gasteiger partial charge in [-0.05, 0) is 43.6 Å². The Hall–Kier alpha value is -0.570. The van der Waals surface area contributed by atoms with Gasteiger partial charge in [-0.1, -0.05) is 27.2 Å². The number of carbonyl (C=O) groups excluding carboxylic acids is 1. The van der Waals surface area contributed by atoms with Crippen molar-refractivity contribution in [1.82, 2.24) is 10.2 Å². The molecule has 19 heavy (non-hydrogen) atoms. The zero-order valence-corrected chi connectivity index (χ0v) is 12.9. The SMILES string of the molecule is CC(C)(C)C1CCN(C(=O)CC2CCCCN2)CC1. The summed E-state index contributed by atoms with van der Waals surface area (Å²) in [4.78, 5) is 14.4. The van der Waals surface area contributed by atoms with Gasteiger partial charge in [0.25, 0.3) is 0 Å². The first kappa shape index (κ1) is 14.8. The average Bonchev–Trinajstić information content (AvgIpc) is 2.39. The number of nitrogens with one attached hydrogen (secondary N) is 1. The standard InChI is InChI=1S/C16H30N2O/c1-16(2,3)13-7-10-18(11-8-13)15(19)12-14-6-4-5-9-17-14/h13-14,17H,4-12H2,1-3H3. The number of amides is 1. The minimum atomic E-state index is 0.367. The summed E-state index contributed by atoms with van der Waals surface area (Å²) >= 11 is 0. The van der Waals surface area contributed by atoms with E-state index < -0.39 is 0 Å². The minimum Gasteiger partial charge on any atom is -0.343 e. The molecule has 110 valence electrons. The molecule has 2 heterocycles. The van der Waals surface area contributed by atoms with Crippen LogP contribution in [0, 0.1) is 11.3 Å². The van der Waals surface area contributed by atoms with Crippen LogP contribution < -0.4 is 5.32 Å². The highest BCUT2D eigenvalue weighted by molar-refractivity contribution is 5.76. The van der Waals surface area contributed by atoms with Gasteiger partial charge in [0, 0.05) is 25.6 Å². The van der Waals surface area contributed by atoms with E-state index in [4.69, 9.17) is 0 Å². The maximum absolute atomic E-state index is 12.3. The van der Waals surface area contributed by atoms with E-state index in [0.29, 0.717) is 23.8 Å². The fourth-order valence-corrected chi connectivity index (χ4v) is 3.43. The monoisotopic (exact) mass is 266 g/mol. The molecule has 1 amide bonds. The van der Waals surface area contributed by atoms with Crippen LogP contribution in [0.5, 0.6) is 0 Å². The molecule has 2 rings (SSSR count). The van der Waals surface area contributed by atoms with E-state index in [1.54, 1.807) is 0 Å². The molecule has 2 aliphatic heterocycles. The Morgan fingerprint density at radius 2 is 1.84 bits per heavy atom. The summed E-state index contributed by atoms with van der Waals surface area (Å²) in [7, 11) is 0. The third kappa shape index (κ3) is 4.20. The van der Waals surface area contributed by atoms with E-state index in [9.17, 15) is 4.79 Å². The second kappa shape index (κ2) is 6.25. The fourth-order valence-electron chi connectivity index (χ4n) is 3.43. The Morgan fingerprint density at radius 1 is 1.16 bits per heavy atom. The lowest BCUT2D eigenvalue weighted by molar-refractivity contribution is -0.133. The molecule has 0 radical (unpaired) electrons. The molecular formula is C16H30N2O. The second-order valence-corrected chi connectivity index (χ2v) is 7.37. The highest BCUT2D eigenvalue weighted by atomic mass is 16.2. The molecule has 3 heteroatoms. The highest BCUT2D eigenvalue weighted by Crippen LogP contribution is 2.34. The molecule has 2 fully saturated rings. The summed E-state index contributed by atoms with van der Waals surface area (Å²) in [6, 6.07) is 0.432. The van der Waals surface area contributed by atoms with Gasteiger partial charge in [-0.2, -0.15) is 0 Å². The van der Waals surface area contributed by atoms with Crippen molar-refractivity contribution in [2.24, 2.45) is 11.3 Å². The van der Waals surface area contributed by atoms with Crippen LogP contribution >= 0.6 is 0 Å². The van der Waals surface area contributed by atoms with E-state index in [1.165, 1.54) is 32.1 Å². The van der Waals surface area contributed by atoms with Gasteiger partial charge in [-0.3, -0.25) is 4.79 Å². The Kier molecular flexibility index (Phi) is 4.88. The van der Waals surface area contributed by atoms with E-state index in [0.717, 1.165) is 25.6 Å². The molecule has 0 aromatic heterocycles. The van der Waals surface area contributed by atoms with Gasteiger partial charge in [0.05, 0.1) is 0 Å². The van der Waals surface area contributed by atoms with Crippen LogP contribution in [-0.4, -0.2) is 36.5 Å². The number of hydrogen-bond donors (Lipinski definition) is 1. The first-order valence-electron chi connectivity index (χ1n) is 7.98. The Morgan fingerprint density at radius 3 is 2.37 bits per heavy atom.